The first-order valence-corrected chi connectivity index (χ1v) is 9.46. The molecule has 2 aliphatic heterocycles. The van der Waals surface area contributed by atoms with Gasteiger partial charge in [0.2, 0.25) is 0 Å². The van der Waals surface area contributed by atoms with Crippen molar-refractivity contribution in [3.63, 3.8) is 0 Å². The third kappa shape index (κ3) is 2.92. The molecule has 2 N–H and O–H groups in total. The SMILES string of the molecule is N#Cc1ccc(CC23CC(N)CN2C(=O)N(c2cc(Cl)cc(Cl)c2)C3=O)cc1. The smallest absolute Gasteiger partial charge is 0.326 e. The Balaban J connectivity index is 1.74. The standard InChI is InChI=1S/C20H16Cl2N4O2/c21-14-5-15(22)7-17(6-14)26-18(27)20(9-16(24)11-25(20)19(26)28)8-12-1-3-13(10-23)4-2-12/h1-7,16H,8-9,11,24H2. The Labute approximate surface area is 172 Å². The molecular weight excluding hydrogens is 399 g/mol. The van der Waals surface area contributed by atoms with Crippen molar-refractivity contribution < 1.29 is 9.59 Å². The van der Waals surface area contributed by atoms with Crippen LogP contribution in [0.15, 0.2) is 42.5 Å². The van der Waals surface area contributed by atoms with Crippen molar-refractivity contribution in [2.75, 3.05) is 11.4 Å². The van der Waals surface area contributed by atoms with Crippen molar-refractivity contribution >= 4 is 40.8 Å². The summed E-state index contributed by atoms with van der Waals surface area (Å²) >= 11 is 12.1. The van der Waals surface area contributed by atoms with E-state index in [2.05, 4.69) is 6.07 Å². The summed E-state index contributed by atoms with van der Waals surface area (Å²) in [6.07, 6.45) is 0.685. The Morgan fingerprint density at radius 1 is 1.14 bits per heavy atom. The van der Waals surface area contributed by atoms with Gasteiger partial charge in [-0.15, -0.1) is 0 Å². The van der Waals surface area contributed by atoms with E-state index in [1.165, 1.54) is 0 Å². The largest absolute Gasteiger partial charge is 0.332 e. The number of benzene rings is 2. The third-order valence-corrected chi connectivity index (χ3v) is 5.68. The monoisotopic (exact) mass is 414 g/mol. The molecule has 2 aliphatic rings. The van der Waals surface area contributed by atoms with Crippen LogP contribution in [-0.2, 0) is 11.2 Å². The molecular formula is C20H16Cl2N4O2. The Morgan fingerprint density at radius 3 is 2.39 bits per heavy atom. The van der Waals surface area contributed by atoms with E-state index in [1.807, 2.05) is 0 Å². The van der Waals surface area contributed by atoms with Crippen molar-refractivity contribution in [1.29, 1.82) is 5.26 Å². The number of nitrogens with zero attached hydrogens (tertiary/aromatic N) is 3. The molecule has 2 aromatic rings. The van der Waals surface area contributed by atoms with E-state index in [-0.39, 0.29) is 11.9 Å². The number of carbonyl (C=O) groups excluding carboxylic acids is 2. The second-order valence-electron chi connectivity index (χ2n) is 7.14. The second-order valence-corrected chi connectivity index (χ2v) is 8.02. The quantitative estimate of drug-likeness (QED) is 0.779. The van der Waals surface area contributed by atoms with Gasteiger partial charge in [0.15, 0.2) is 0 Å². The lowest BCUT2D eigenvalue weighted by Gasteiger charge is -2.28. The Hall–Kier alpha value is -2.59. The van der Waals surface area contributed by atoms with Gasteiger partial charge in [-0.25, -0.2) is 9.69 Å². The summed E-state index contributed by atoms with van der Waals surface area (Å²) in [5.41, 5.74) is 6.79. The van der Waals surface area contributed by atoms with Crippen LogP contribution >= 0.6 is 23.2 Å². The van der Waals surface area contributed by atoms with Gasteiger partial charge < -0.3 is 10.6 Å². The molecule has 2 aromatic carbocycles. The van der Waals surface area contributed by atoms with Gasteiger partial charge in [-0.05, 0) is 42.3 Å². The van der Waals surface area contributed by atoms with E-state index < -0.39 is 11.6 Å². The summed E-state index contributed by atoms with van der Waals surface area (Å²) in [7, 11) is 0. The number of hydrogen-bond acceptors (Lipinski definition) is 4. The molecule has 2 saturated heterocycles. The van der Waals surface area contributed by atoms with Crippen LogP contribution < -0.4 is 10.6 Å². The second kappa shape index (κ2) is 6.78. The minimum absolute atomic E-state index is 0.281. The maximum absolute atomic E-state index is 13.5. The lowest BCUT2D eigenvalue weighted by molar-refractivity contribution is -0.124. The maximum atomic E-state index is 13.5. The lowest BCUT2D eigenvalue weighted by atomic mass is 9.87. The Morgan fingerprint density at radius 2 is 1.79 bits per heavy atom. The predicted octanol–water partition coefficient (Wildman–Crippen LogP) is 3.35. The van der Waals surface area contributed by atoms with Gasteiger partial charge in [-0.3, -0.25) is 4.79 Å². The highest BCUT2D eigenvalue weighted by molar-refractivity contribution is 6.35. The van der Waals surface area contributed by atoms with Crippen LogP contribution in [0.25, 0.3) is 0 Å². The molecule has 2 atom stereocenters. The molecule has 0 radical (unpaired) electrons. The number of anilines is 1. The number of fused-ring (bicyclic) bond motifs is 1. The normalized spacial score (nSPS) is 23.9. The zero-order valence-corrected chi connectivity index (χ0v) is 16.2. The number of halogens is 2. The molecule has 2 heterocycles. The van der Waals surface area contributed by atoms with E-state index in [0.29, 0.717) is 40.7 Å². The number of carbonyl (C=O) groups is 2. The average molecular weight is 415 g/mol. The van der Waals surface area contributed by atoms with Crippen LogP contribution in [0, 0.1) is 11.3 Å². The average Bonchev–Trinajstić information content (AvgIpc) is 3.07. The van der Waals surface area contributed by atoms with Gasteiger partial charge in [0, 0.05) is 29.1 Å². The summed E-state index contributed by atoms with van der Waals surface area (Å²) in [6.45, 7) is 0.297. The van der Waals surface area contributed by atoms with Crippen LogP contribution in [0.5, 0.6) is 0 Å². The molecule has 0 saturated carbocycles. The molecule has 0 bridgehead atoms. The molecule has 0 aliphatic carbocycles. The fourth-order valence-electron chi connectivity index (χ4n) is 4.07. The maximum Gasteiger partial charge on any atom is 0.332 e. The number of amides is 3. The van der Waals surface area contributed by atoms with E-state index in [9.17, 15) is 9.59 Å². The highest BCUT2D eigenvalue weighted by Gasteiger charge is 2.61. The van der Waals surface area contributed by atoms with Gasteiger partial charge in [-0.1, -0.05) is 35.3 Å². The lowest BCUT2D eigenvalue weighted by Crippen LogP contribution is -2.47. The zero-order valence-electron chi connectivity index (χ0n) is 14.7. The highest BCUT2D eigenvalue weighted by Crippen LogP contribution is 2.42. The number of hydrogen-bond donors (Lipinski definition) is 1. The van der Waals surface area contributed by atoms with Crippen LogP contribution in [0.3, 0.4) is 0 Å². The summed E-state index contributed by atoms with van der Waals surface area (Å²) in [5.74, 6) is -0.340. The van der Waals surface area contributed by atoms with E-state index in [1.54, 1.807) is 47.4 Å². The van der Waals surface area contributed by atoms with Gasteiger partial charge in [0.25, 0.3) is 5.91 Å². The molecule has 3 amide bonds. The highest BCUT2D eigenvalue weighted by atomic mass is 35.5. The van der Waals surface area contributed by atoms with E-state index in [0.717, 1.165) is 10.5 Å². The molecule has 142 valence electrons. The first-order chi connectivity index (χ1) is 13.3. The van der Waals surface area contributed by atoms with Crippen molar-refractivity contribution in [2.24, 2.45) is 5.73 Å². The first-order valence-electron chi connectivity index (χ1n) is 8.71. The summed E-state index contributed by atoms with van der Waals surface area (Å²) in [5, 5.41) is 9.66. The van der Waals surface area contributed by atoms with Gasteiger partial charge in [0.05, 0.1) is 17.3 Å². The molecule has 4 rings (SSSR count). The van der Waals surface area contributed by atoms with E-state index >= 15 is 0 Å². The number of imide groups is 1. The third-order valence-electron chi connectivity index (χ3n) is 5.24. The number of nitrogens with two attached hydrogens (primary N) is 1. The molecule has 2 unspecified atom stereocenters. The Kier molecular flexibility index (Phi) is 4.54. The first kappa shape index (κ1) is 18.8. The molecule has 28 heavy (non-hydrogen) atoms. The van der Waals surface area contributed by atoms with Gasteiger partial charge in [-0.2, -0.15) is 5.26 Å². The summed E-state index contributed by atoms with van der Waals surface area (Å²) < 4.78 is 0. The number of urea groups is 1. The van der Waals surface area contributed by atoms with Crippen LogP contribution in [-0.4, -0.2) is 35.0 Å². The van der Waals surface area contributed by atoms with Crippen molar-refractivity contribution in [2.45, 2.75) is 24.4 Å². The molecule has 8 heteroatoms. The predicted molar refractivity (Wildman–Crippen MR) is 106 cm³/mol. The van der Waals surface area contributed by atoms with Crippen LogP contribution in [0.2, 0.25) is 10.0 Å². The van der Waals surface area contributed by atoms with Gasteiger partial charge in [0.1, 0.15) is 5.54 Å². The van der Waals surface area contributed by atoms with Crippen LogP contribution in [0.4, 0.5) is 10.5 Å². The minimum Gasteiger partial charge on any atom is -0.326 e. The van der Waals surface area contributed by atoms with Crippen molar-refractivity contribution in [1.82, 2.24) is 4.90 Å². The molecule has 0 aromatic heterocycles. The topological polar surface area (TPSA) is 90.4 Å². The Bertz CT molecular complexity index is 998. The fraction of sp³-hybridized carbons (Fsp3) is 0.250. The van der Waals surface area contributed by atoms with Gasteiger partial charge >= 0.3 is 6.03 Å². The van der Waals surface area contributed by atoms with Crippen molar-refractivity contribution in [3.05, 3.63) is 63.6 Å². The van der Waals surface area contributed by atoms with Crippen LogP contribution in [0.1, 0.15) is 17.5 Å². The molecule has 6 nitrogen and oxygen atoms in total. The fourth-order valence-corrected chi connectivity index (χ4v) is 4.59. The zero-order chi connectivity index (χ0) is 20.1. The minimum atomic E-state index is -1.06. The molecule has 2 fully saturated rings. The summed E-state index contributed by atoms with van der Waals surface area (Å²) in [4.78, 5) is 29.3. The van der Waals surface area contributed by atoms with Crippen molar-refractivity contribution in [3.8, 4) is 6.07 Å². The number of nitriles is 1. The summed E-state index contributed by atoms with van der Waals surface area (Å²) in [6, 6.07) is 13.0. The number of rotatable bonds is 3. The molecule has 0 spiro atoms. The van der Waals surface area contributed by atoms with E-state index in [4.69, 9.17) is 34.2 Å².